The van der Waals surface area contributed by atoms with Crippen LogP contribution in [0.2, 0.25) is 0 Å². The summed E-state index contributed by atoms with van der Waals surface area (Å²) in [5.74, 6) is -0.0937. The quantitative estimate of drug-likeness (QED) is 0.864. The van der Waals surface area contributed by atoms with Crippen molar-refractivity contribution < 1.29 is 9.50 Å². The molecule has 0 saturated carbocycles. The molecule has 2 aromatic carbocycles. The minimum Gasteiger partial charge on any atom is -0.388 e. The second-order valence-corrected chi connectivity index (χ2v) is 5.30. The van der Waals surface area contributed by atoms with E-state index < -0.39 is 6.10 Å². The van der Waals surface area contributed by atoms with Crippen molar-refractivity contribution >= 4 is 0 Å². The maximum atomic E-state index is 13.3. The van der Waals surface area contributed by atoms with Gasteiger partial charge in [-0.05, 0) is 48.1 Å². The second-order valence-electron chi connectivity index (χ2n) is 5.30. The Morgan fingerprint density at radius 1 is 1.21 bits per heavy atom. The lowest BCUT2D eigenvalue weighted by Crippen LogP contribution is -2.08. The van der Waals surface area contributed by atoms with Crippen molar-refractivity contribution in [3.8, 4) is 0 Å². The second kappa shape index (κ2) is 4.78. The fourth-order valence-corrected chi connectivity index (χ4v) is 3.00. The zero-order valence-electron chi connectivity index (χ0n) is 10.9. The molecule has 1 aliphatic rings. The summed E-state index contributed by atoms with van der Waals surface area (Å²) in [6.45, 7) is 1.73. The van der Waals surface area contributed by atoms with Crippen LogP contribution in [0.5, 0.6) is 0 Å². The van der Waals surface area contributed by atoms with Gasteiger partial charge in [0, 0.05) is 5.92 Å². The minimum absolute atomic E-state index is 0.126. The van der Waals surface area contributed by atoms with Crippen LogP contribution in [0.15, 0.2) is 42.5 Å². The van der Waals surface area contributed by atoms with Crippen LogP contribution in [0.25, 0.3) is 0 Å². The summed E-state index contributed by atoms with van der Waals surface area (Å²) in [5, 5.41) is 10.6. The summed E-state index contributed by atoms with van der Waals surface area (Å²) in [5.41, 5.74) is 3.95. The van der Waals surface area contributed by atoms with Gasteiger partial charge in [0.1, 0.15) is 5.82 Å². The lowest BCUT2D eigenvalue weighted by molar-refractivity contribution is 0.144. The Morgan fingerprint density at radius 2 is 2.00 bits per heavy atom. The highest BCUT2D eigenvalue weighted by Gasteiger charge is 2.29. The van der Waals surface area contributed by atoms with Gasteiger partial charge in [0.25, 0.3) is 0 Å². The Kier molecular flexibility index (Phi) is 3.11. The average Bonchev–Trinajstić information content (AvgIpc) is 2.85. The average molecular weight is 256 g/mol. The largest absolute Gasteiger partial charge is 0.388 e. The van der Waals surface area contributed by atoms with Gasteiger partial charge in [-0.25, -0.2) is 4.39 Å². The predicted octanol–water partition coefficient (Wildman–Crippen LogP) is 3.90. The van der Waals surface area contributed by atoms with Crippen LogP contribution in [0.4, 0.5) is 4.39 Å². The Hall–Kier alpha value is -1.67. The van der Waals surface area contributed by atoms with Crippen LogP contribution in [0, 0.1) is 12.7 Å². The van der Waals surface area contributed by atoms with Crippen molar-refractivity contribution in [1.82, 2.24) is 0 Å². The standard InChI is InChI=1S/C17H17FO/c1-11-10-13(7-9-16(11)18)17(19)15-8-6-12-4-2-3-5-14(12)15/h2-5,7,9-10,15,17,19H,6,8H2,1H3. The van der Waals surface area contributed by atoms with Gasteiger partial charge in [-0.2, -0.15) is 0 Å². The zero-order valence-corrected chi connectivity index (χ0v) is 10.9. The predicted molar refractivity (Wildman–Crippen MR) is 73.6 cm³/mol. The van der Waals surface area contributed by atoms with Gasteiger partial charge in [-0.15, -0.1) is 0 Å². The third-order valence-corrected chi connectivity index (χ3v) is 4.08. The SMILES string of the molecule is Cc1cc(C(O)C2CCc3ccccc32)ccc1F. The number of halogens is 1. The van der Waals surface area contributed by atoms with E-state index in [9.17, 15) is 9.50 Å². The molecule has 2 unspecified atom stereocenters. The molecule has 0 aliphatic heterocycles. The summed E-state index contributed by atoms with van der Waals surface area (Å²) in [6, 6.07) is 13.1. The zero-order chi connectivity index (χ0) is 13.4. The van der Waals surface area contributed by atoms with Gasteiger partial charge < -0.3 is 5.11 Å². The molecule has 0 aromatic heterocycles. The first-order valence-corrected chi connectivity index (χ1v) is 6.69. The Balaban J connectivity index is 1.93. The monoisotopic (exact) mass is 256 g/mol. The highest BCUT2D eigenvalue weighted by atomic mass is 19.1. The van der Waals surface area contributed by atoms with E-state index in [0.717, 1.165) is 18.4 Å². The molecule has 3 rings (SSSR count). The Labute approximate surface area is 112 Å². The van der Waals surface area contributed by atoms with E-state index in [-0.39, 0.29) is 11.7 Å². The molecule has 0 radical (unpaired) electrons. The van der Waals surface area contributed by atoms with Crippen molar-refractivity contribution in [2.24, 2.45) is 0 Å². The first kappa shape index (κ1) is 12.4. The van der Waals surface area contributed by atoms with Gasteiger partial charge in [0.15, 0.2) is 0 Å². The highest BCUT2D eigenvalue weighted by molar-refractivity contribution is 5.38. The van der Waals surface area contributed by atoms with E-state index in [1.807, 2.05) is 12.1 Å². The molecule has 0 amide bonds. The fraction of sp³-hybridized carbons (Fsp3) is 0.294. The first-order chi connectivity index (χ1) is 9.16. The smallest absolute Gasteiger partial charge is 0.126 e. The number of aliphatic hydroxyl groups excluding tert-OH is 1. The van der Waals surface area contributed by atoms with Crippen molar-refractivity contribution in [3.05, 3.63) is 70.5 Å². The summed E-state index contributed by atoms with van der Waals surface area (Å²) < 4.78 is 13.3. The van der Waals surface area contributed by atoms with E-state index in [1.165, 1.54) is 17.2 Å². The van der Waals surface area contributed by atoms with Crippen LogP contribution in [-0.2, 0) is 6.42 Å². The van der Waals surface area contributed by atoms with Gasteiger partial charge in [-0.3, -0.25) is 0 Å². The van der Waals surface area contributed by atoms with Gasteiger partial charge in [0.2, 0.25) is 0 Å². The van der Waals surface area contributed by atoms with Crippen LogP contribution in [0.3, 0.4) is 0 Å². The van der Waals surface area contributed by atoms with Crippen LogP contribution in [0.1, 0.15) is 40.7 Å². The van der Waals surface area contributed by atoms with Crippen LogP contribution < -0.4 is 0 Å². The first-order valence-electron chi connectivity index (χ1n) is 6.69. The van der Waals surface area contributed by atoms with Crippen molar-refractivity contribution in [2.75, 3.05) is 0 Å². The molecule has 1 nitrogen and oxygen atoms in total. The number of benzene rings is 2. The molecular weight excluding hydrogens is 239 g/mol. The third kappa shape index (κ3) is 2.17. The van der Waals surface area contributed by atoms with E-state index in [1.54, 1.807) is 19.1 Å². The molecule has 0 heterocycles. The summed E-state index contributed by atoms with van der Waals surface area (Å²) >= 11 is 0. The third-order valence-electron chi connectivity index (χ3n) is 4.08. The maximum Gasteiger partial charge on any atom is 0.126 e. The van der Waals surface area contributed by atoms with Gasteiger partial charge in [0.05, 0.1) is 6.10 Å². The lowest BCUT2D eigenvalue weighted by Gasteiger charge is -2.20. The van der Waals surface area contributed by atoms with E-state index in [4.69, 9.17) is 0 Å². The van der Waals surface area contributed by atoms with E-state index in [0.29, 0.717) is 5.56 Å². The highest BCUT2D eigenvalue weighted by Crippen LogP contribution is 2.41. The minimum atomic E-state index is -0.553. The van der Waals surface area contributed by atoms with Crippen LogP contribution in [-0.4, -0.2) is 5.11 Å². The molecule has 19 heavy (non-hydrogen) atoms. The molecule has 1 aliphatic carbocycles. The van der Waals surface area contributed by atoms with Gasteiger partial charge >= 0.3 is 0 Å². The Morgan fingerprint density at radius 3 is 2.79 bits per heavy atom. The number of aliphatic hydroxyl groups is 1. The topological polar surface area (TPSA) is 20.2 Å². The maximum absolute atomic E-state index is 13.3. The fourth-order valence-electron chi connectivity index (χ4n) is 3.00. The molecule has 2 aromatic rings. The van der Waals surface area contributed by atoms with Crippen molar-refractivity contribution in [1.29, 1.82) is 0 Å². The number of fused-ring (bicyclic) bond motifs is 1. The Bertz CT molecular complexity index is 606. The van der Waals surface area contributed by atoms with E-state index >= 15 is 0 Å². The van der Waals surface area contributed by atoms with Crippen LogP contribution >= 0.6 is 0 Å². The molecule has 0 bridgehead atoms. The molecule has 0 spiro atoms. The van der Waals surface area contributed by atoms with Gasteiger partial charge in [-0.1, -0.05) is 36.4 Å². The molecule has 2 atom stereocenters. The van der Waals surface area contributed by atoms with E-state index in [2.05, 4.69) is 12.1 Å². The summed E-state index contributed by atoms with van der Waals surface area (Å²) in [6.07, 6.45) is 1.41. The molecule has 2 heteroatoms. The summed E-state index contributed by atoms with van der Waals surface area (Å²) in [4.78, 5) is 0. The number of hydrogen-bond donors (Lipinski definition) is 1. The number of aryl methyl sites for hydroxylation is 2. The molecule has 0 fully saturated rings. The normalized spacial score (nSPS) is 19.2. The number of rotatable bonds is 2. The molecule has 0 saturated heterocycles. The summed E-state index contributed by atoms with van der Waals surface area (Å²) in [7, 11) is 0. The molecular formula is C17H17FO. The number of hydrogen-bond acceptors (Lipinski definition) is 1. The van der Waals surface area contributed by atoms with Crippen molar-refractivity contribution in [3.63, 3.8) is 0 Å². The van der Waals surface area contributed by atoms with Crippen molar-refractivity contribution in [2.45, 2.75) is 31.8 Å². The molecule has 1 N–H and O–H groups in total. The lowest BCUT2D eigenvalue weighted by atomic mass is 9.90. The molecule has 98 valence electrons.